The lowest BCUT2D eigenvalue weighted by molar-refractivity contribution is -0.509. The van der Waals surface area contributed by atoms with Gasteiger partial charge in [0.05, 0.1) is 11.8 Å². The molecule has 0 atom stereocenters. The Hall–Kier alpha value is -4.12. The van der Waals surface area contributed by atoms with Crippen LogP contribution in [0.15, 0.2) is 109 Å². The van der Waals surface area contributed by atoms with Crippen molar-refractivity contribution in [1.82, 2.24) is 4.40 Å². The molecule has 6 aromatic rings. The molecule has 0 bridgehead atoms. The number of aromatic nitrogens is 2. The molecule has 0 aliphatic rings. The van der Waals surface area contributed by atoms with Gasteiger partial charge < -0.3 is 0 Å². The molecule has 0 unspecified atom stereocenters. The summed E-state index contributed by atoms with van der Waals surface area (Å²) < 4.78 is 44.0. The summed E-state index contributed by atoms with van der Waals surface area (Å²) in [7, 11) is 0. The van der Waals surface area contributed by atoms with Crippen LogP contribution in [0.1, 0.15) is 5.56 Å². The smallest absolute Gasteiger partial charge is 0.202 e. The van der Waals surface area contributed by atoms with Crippen LogP contribution in [-0.4, -0.2) is 4.40 Å². The number of pyridine rings is 2. The Morgan fingerprint density at radius 1 is 0.636 bits per heavy atom. The van der Waals surface area contributed by atoms with Gasteiger partial charge in [0.15, 0.2) is 5.52 Å². The summed E-state index contributed by atoms with van der Waals surface area (Å²) in [6.45, 7) is 0. The van der Waals surface area contributed by atoms with Gasteiger partial charge in [0.25, 0.3) is 5.65 Å². The number of hydrogen-bond donors (Lipinski definition) is 0. The van der Waals surface area contributed by atoms with E-state index in [1.54, 1.807) is 12.1 Å². The summed E-state index contributed by atoms with van der Waals surface area (Å²) in [4.78, 5) is 0. The molecule has 3 aromatic carbocycles. The van der Waals surface area contributed by atoms with Crippen LogP contribution in [0.2, 0.25) is 0 Å². The van der Waals surface area contributed by atoms with Crippen molar-refractivity contribution in [1.29, 1.82) is 0 Å². The highest BCUT2D eigenvalue weighted by molar-refractivity contribution is 6.10. The number of halogens is 3. The van der Waals surface area contributed by atoms with Gasteiger partial charge in [-0.3, -0.25) is 0 Å². The molecule has 0 aliphatic heterocycles. The van der Waals surface area contributed by atoms with E-state index >= 15 is 0 Å². The molecule has 33 heavy (non-hydrogen) atoms. The van der Waals surface area contributed by atoms with E-state index in [-0.39, 0.29) is 0 Å². The van der Waals surface area contributed by atoms with E-state index in [4.69, 9.17) is 0 Å². The Kier molecular flexibility index (Phi) is 4.27. The third kappa shape index (κ3) is 3.08. The molecule has 2 nitrogen and oxygen atoms in total. The van der Waals surface area contributed by atoms with Crippen LogP contribution in [0.4, 0.5) is 13.2 Å². The number of rotatable bonds is 2. The first-order valence-electron chi connectivity index (χ1n) is 10.6. The molecule has 0 saturated heterocycles. The molecular formula is C28H18F3N2+. The largest absolute Gasteiger partial charge is 0.416 e. The topological polar surface area (TPSA) is 8.51 Å². The number of fused-ring (bicyclic) bond motifs is 5. The summed E-state index contributed by atoms with van der Waals surface area (Å²) in [5, 5.41) is 2.13. The van der Waals surface area contributed by atoms with Crippen molar-refractivity contribution < 1.29 is 17.6 Å². The highest BCUT2D eigenvalue weighted by Crippen LogP contribution is 2.41. The number of nitrogens with zero attached hydrogens (tertiary/aromatic N) is 2. The van der Waals surface area contributed by atoms with Crippen molar-refractivity contribution in [3.63, 3.8) is 0 Å². The zero-order valence-corrected chi connectivity index (χ0v) is 17.4. The van der Waals surface area contributed by atoms with Crippen molar-refractivity contribution in [2.24, 2.45) is 0 Å². The lowest BCUT2D eigenvalue weighted by atomic mass is 9.93. The molecule has 0 saturated carbocycles. The van der Waals surface area contributed by atoms with Gasteiger partial charge in [0.1, 0.15) is 11.9 Å². The molecule has 5 heteroatoms. The van der Waals surface area contributed by atoms with E-state index in [1.807, 2.05) is 71.3 Å². The average molecular weight is 439 g/mol. The van der Waals surface area contributed by atoms with Crippen molar-refractivity contribution in [3.05, 3.63) is 115 Å². The van der Waals surface area contributed by atoms with Crippen molar-refractivity contribution >= 4 is 21.9 Å². The third-order valence-electron chi connectivity index (χ3n) is 6.08. The van der Waals surface area contributed by atoms with E-state index < -0.39 is 11.7 Å². The first-order valence-corrected chi connectivity index (χ1v) is 10.6. The van der Waals surface area contributed by atoms with E-state index in [2.05, 4.69) is 22.7 Å². The van der Waals surface area contributed by atoms with Gasteiger partial charge in [-0.1, -0.05) is 66.7 Å². The van der Waals surface area contributed by atoms with Crippen LogP contribution >= 0.6 is 0 Å². The molecule has 0 N–H and O–H groups in total. The summed E-state index contributed by atoms with van der Waals surface area (Å²) in [6, 6.07) is 29.6. The fourth-order valence-corrected chi connectivity index (χ4v) is 4.63. The van der Waals surface area contributed by atoms with Crippen LogP contribution in [0, 0.1) is 0 Å². The fourth-order valence-electron chi connectivity index (χ4n) is 4.63. The average Bonchev–Trinajstić information content (AvgIpc) is 3.23. The molecule has 3 aromatic heterocycles. The maximum absolute atomic E-state index is 13.3. The van der Waals surface area contributed by atoms with Crippen LogP contribution < -0.4 is 4.40 Å². The fraction of sp³-hybridized carbons (Fsp3) is 0.0357. The van der Waals surface area contributed by atoms with Gasteiger partial charge in [-0.05, 0) is 35.2 Å². The van der Waals surface area contributed by atoms with Crippen molar-refractivity contribution in [2.75, 3.05) is 0 Å². The lowest BCUT2D eigenvalue weighted by Crippen LogP contribution is -2.17. The second-order valence-electron chi connectivity index (χ2n) is 8.03. The molecule has 6 rings (SSSR count). The molecule has 160 valence electrons. The summed E-state index contributed by atoms with van der Waals surface area (Å²) in [5.74, 6) is 0. The number of benzene rings is 3. The van der Waals surface area contributed by atoms with Gasteiger partial charge in [-0.15, -0.1) is 0 Å². The van der Waals surface area contributed by atoms with Crippen LogP contribution in [0.3, 0.4) is 0 Å². The van der Waals surface area contributed by atoms with Gasteiger partial charge in [0, 0.05) is 22.6 Å². The van der Waals surface area contributed by atoms with Crippen molar-refractivity contribution in [3.8, 4) is 22.4 Å². The van der Waals surface area contributed by atoms with E-state index in [9.17, 15) is 13.2 Å². The summed E-state index contributed by atoms with van der Waals surface area (Å²) in [5.41, 5.74) is 4.85. The zero-order valence-electron chi connectivity index (χ0n) is 17.4. The Balaban J connectivity index is 1.83. The second kappa shape index (κ2) is 7.20. The Bertz CT molecular complexity index is 1630. The van der Waals surface area contributed by atoms with E-state index in [0.29, 0.717) is 0 Å². The molecule has 0 aliphatic carbocycles. The van der Waals surface area contributed by atoms with Crippen molar-refractivity contribution in [2.45, 2.75) is 6.18 Å². The lowest BCUT2D eigenvalue weighted by Gasteiger charge is -2.14. The van der Waals surface area contributed by atoms with Crippen LogP contribution in [-0.2, 0) is 6.18 Å². The minimum Gasteiger partial charge on any atom is -0.202 e. The maximum Gasteiger partial charge on any atom is 0.416 e. The van der Waals surface area contributed by atoms with Crippen LogP contribution in [0.25, 0.3) is 44.3 Å². The highest BCUT2D eigenvalue weighted by atomic mass is 19.4. The first kappa shape index (κ1) is 19.6. The standard InChI is InChI=1S/C28H18F3N2/c29-28(30,31)21-15-13-20(14-16-21)27-26(19-8-2-1-3-9-19)23-11-5-4-10-22(23)24-18-32-17-7-6-12-25(32)33(24)27/h1-18H/q+1. The number of imidazole rings is 1. The number of hydrogen-bond acceptors (Lipinski definition) is 0. The Morgan fingerprint density at radius 3 is 2.03 bits per heavy atom. The summed E-state index contributed by atoms with van der Waals surface area (Å²) >= 11 is 0. The molecule has 0 fully saturated rings. The molecule has 0 amide bonds. The first-order chi connectivity index (χ1) is 16.0. The second-order valence-corrected chi connectivity index (χ2v) is 8.03. The minimum atomic E-state index is -4.38. The third-order valence-corrected chi connectivity index (χ3v) is 6.08. The van der Waals surface area contributed by atoms with Gasteiger partial charge in [0.2, 0.25) is 0 Å². The monoisotopic (exact) mass is 439 g/mol. The minimum absolute atomic E-state index is 0.656. The van der Waals surface area contributed by atoms with Gasteiger partial charge in [-0.2, -0.15) is 17.6 Å². The zero-order chi connectivity index (χ0) is 22.6. The Morgan fingerprint density at radius 2 is 1.30 bits per heavy atom. The predicted octanol–water partition coefficient (Wildman–Crippen LogP) is 7.18. The molecule has 0 radical (unpaired) electrons. The normalized spacial score (nSPS) is 12.1. The molecular weight excluding hydrogens is 421 g/mol. The highest BCUT2D eigenvalue weighted by Gasteiger charge is 2.31. The Labute approximate surface area is 187 Å². The maximum atomic E-state index is 13.3. The SMILES string of the molecule is FC(F)(F)c1ccc(-c2c(-c3ccccc3)c3ccccc3c3c[n+]4ccccc4n23)cc1. The molecule has 0 spiro atoms. The van der Waals surface area contributed by atoms with E-state index in [1.165, 1.54) is 0 Å². The quantitative estimate of drug-likeness (QED) is 0.253. The summed E-state index contributed by atoms with van der Waals surface area (Å²) in [6.07, 6.45) is -0.328. The molecule has 3 heterocycles. The van der Waals surface area contributed by atoms with Gasteiger partial charge in [-0.25, -0.2) is 4.40 Å². The van der Waals surface area contributed by atoms with Gasteiger partial charge >= 0.3 is 6.18 Å². The predicted molar refractivity (Wildman–Crippen MR) is 124 cm³/mol. The number of alkyl halides is 3. The van der Waals surface area contributed by atoms with Crippen LogP contribution in [0.5, 0.6) is 0 Å². The van der Waals surface area contributed by atoms with E-state index in [0.717, 1.165) is 56.5 Å².